The predicted molar refractivity (Wildman–Crippen MR) is 68.0 cm³/mol. The van der Waals surface area contributed by atoms with Crippen LogP contribution in [-0.4, -0.2) is 60.6 Å². The van der Waals surface area contributed by atoms with Gasteiger partial charge in [0, 0.05) is 52.2 Å². The number of aromatic nitrogens is 1. The molecule has 1 amide bonds. The van der Waals surface area contributed by atoms with Gasteiger partial charge in [-0.15, -0.1) is 0 Å². The van der Waals surface area contributed by atoms with E-state index < -0.39 is 0 Å². The average Bonchev–Trinajstić information content (AvgIpc) is 2.41. The van der Waals surface area contributed by atoms with Crippen LogP contribution in [0.4, 0.5) is 0 Å². The van der Waals surface area contributed by atoms with Crippen molar-refractivity contribution in [3.05, 3.63) is 30.1 Å². The Morgan fingerprint density at radius 1 is 1.28 bits per heavy atom. The monoisotopic (exact) mass is 249 g/mol. The van der Waals surface area contributed by atoms with Crippen LogP contribution >= 0.6 is 0 Å². The van der Waals surface area contributed by atoms with Gasteiger partial charge in [-0.3, -0.25) is 14.7 Å². The highest BCUT2D eigenvalue weighted by atomic mass is 16.5. The summed E-state index contributed by atoms with van der Waals surface area (Å²) in [5, 5.41) is 0. The Balaban J connectivity index is 1.78. The fourth-order valence-corrected chi connectivity index (χ4v) is 2.12. The number of piperazine rings is 1. The lowest BCUT2D eigenvalue weighted by atomic mass is 10.2. The smallest absolute Gasteiger partial charge is 0.248 e. The largest absolute Gasteiger partial charge is 0.375 e. The Kier molecular flexibility index (Phi) is 4.66. The minimum atomic E-state index is 0.0843. The molecule has 0 atom stereocenters. The number of pyridine rings is 1. The van der Waals surface area contributed by atoms with E-state index >= 15 is 0 Å². The molecule has 0 spiro atoms. The van der Waals surface area contributed by atoms with Crippen molar-refractivity contribution in [2.24, 2.45) is 0 Å². The lowest BCUT2D eigenvalue weighted by molar-refractivity contribution is -0.136. The molecule has 0 N–H and O–H groups in total. The molecule has 1 fully saturated rings. The van der Waals surface area contributed by atoms with Crippen molar-refractivity contribution in [1.29, 1.82) is 0 Å². The molecule has 2 rings (SSSR count). The topological polar surface area (TPSA) is 45.7 Å². The van der Waals surface area contributed by atoms with Crippen LogP contribution in [-0.2, 0) is 16.1 Å². The van der Waals surface area contributed by atoms with E-state index in [1.807, 2.05) is 29.4 Å². The van der Waals surface area contributed by atoms with E-state index in [1.54, 1.807) is 7.11 Å². The summed E-state index contributed by atoms with van der Waals surface area (Å²) in [6, 6.07) is 4.06. The third-order valence-corrected chi connectivity index (χ3v) is 3.15. The third-order valence-electron chi connectivity index (χ3n) is 3.15. The third kappa shape index (κ3) is 3.51. The molecular weight excluding hydrogens is 230 g/mol. The quantitative estimate of drug-likeness (QED) is 0.773. The molecule has 0 radical (unpaired) electrons. The second kappa shape index (κ2) is 6.47. The second-order valence-corrected chi connectivity index (χ2v) is 4.45. The number of nitrogens with zero attached hydrogens (tertiary/aromatic N) is 3. The first-order chi connectivity index (χ1) is 8.79. The molecular formula is C13H19N3O2. The van der Waals surface area contributed by atoms with Crippen molar-refractivity contribution in [3.63, 3.8) is 0 Å². The molecule has 98 valence electrons. The van der Waals surface area contributed by atoms with Crippen LogP contribution < -0.4 is 0 Å². The van der Waals surface area contributed by atoms with E-state index in [0.29, 0.717) is 0 Å². The lowest BCUT2D eigenvalue weighted by Crippen LogP contribution is -2.49. The molecule has 1 aromatic rings. The van der Waals surface area contributed by atoms with E-state index in [4.69, 9.17) is 4.74 Å². The summed E-state index contributed by atoms with van der Waals surface area (Å²) in [6.07, 6.45) is 3.63. The zero-order valence-electron chi connectivity index (χ0n) is 10.7. The van der Waals surface area contributed by atoms with E-state index in [9.17, 15) is 4.79 Å². The summed E-state index contributed by atoms with van der Waals surface area (Å²) >= 11 is 0. The molecule has 1 aliphatic rings. The van der Waals surface area contributed by atoms with Gasteiger partial charge in [0.1, 0.15) is 6.61 Å². The molecule has 5 heteroatoms. The fourth-order valence-electron chi connectivity index (χ4n) is 2.12. The van der Waals surface area contributed by atoms with Crippen LogP contribution in [0, 0.1) is 0 Å². The fraction of sp³-hybridized carbons (Fsp3) is 0.538. The number of hydrogen-bond acceptors (Lipinski definition) is 4. The molecule has 2 heterocycles. The zero-order chi connectivity index (χ0) is 12.8. The molecule has 1 aromatic heterocycles. The summed E-state index contributed by atoms with van der Waals surface area (Å²) in [4.78, 5) is 19.9. The van der Waals surface area contributed by atoms with Gasteiger partial charge < -0.3 is 9.64 Å². The van der Waals surface area contributed by atoms with Crippen LogP contribution in [0.25, 0.3) is 0 Å². The molecule has 0 unspecified atom stereocenters. The SMILES string of the molecule is COCC(=O)N1CCN(Cc2ccncc2)CC1. The van der Waals surface area contributed by atoms with Gasteiger partial charge in [0.05, 0.1) is 0 Å². The molecule has 5 nitrogen and oxygen atoms in total. The minimum Gasteiger partial charge on any atom is -0.375 e. The first-order valence-corrected chi connectivity index (χ1v) is 6.17. The van der Waals surface area contributed by atoms with Crippen molar-refractivity contribution in [1.82, 2.24) is 14.8 Å². The zero-order valence-corrected chi connectivity index (χ0v) is 10.7. The van der Waals surface area contributed by atoms with Crippen LogP contribution in [0.2, 0.25) is 0 Å². The van der Waals surface area contributed by atoms with Gasteiger partial charge in [0.25, 0.3) is 0 Å². The minimum absolute atomic E-state index is 0.0843. The maximum Gasteiger partial charge on any atom is 0.248 e. The maximum absolute atomic E-state index is 11.6. The summed E-state index contributed by atoms with van der Waals surface area (Å²) in [7, 11) is 1.55. The normalized spacial score (nSPS) is 16.8. The molecule has 18 heavy (non-hydrogen) atoms. The van der Waals surface area contributed by atoms with E-state index in [0.717, 1.165) is 32.7 Å². The highest BCUT2D eigenvalue weighted by Gasteiger charge is 2.20. The molecule has 0 aromatic carbocycles. The van der Waals surface area contributed by atoms with Gasteiger partial charge in [-0.1, -0.05) is 0 Å². The van der Waals surface area contributed by atoms with Crippen LogP contribution in [0.15, 0.2) is 24.5 Å². The van der Waals surface area contributed by atoms with E-state index in [-0.39, 0.29) is 12.5 Å². The number of hydrogen-bond donors (Lipinski definition) is 0. The summed E-state index contributed by atoms with van der Waals surface area (Å²) in [5.74, 6) is 0.0843. The number of carbonyl (C=O) groups is 1. The molecule has 0 saturated carbocycles. The predicted octanol–water partition coefficient (Wildman–Crippen LogP) is 0.372. The number of methoxy groups -OCH3 is 1. The lowest BCUT2D eigenvalue weighted by Gasteiger charge is -2.34. The average molecular weight is 249 g/mol. The van der Waals surface area contributed by atoms with Crippen molar-refractivity contribution >= 4 is 5.91 Å². The van der Waals surface area contributed by atoms with E-state index in [2.05, 4.69) is 9.88 Å². The number of amides is 1. The Morgan fingerprint density at radius 2 is 1.94 bits per heavy atom. The number of rotatable bonds is 4. The van der Waals surface area contributed by atoms with Crippen molar-refractivity contribution < 1.29 is 9.53 Å². The molecule has 1 saturated heterocycles. The van der Waals surface area contributed by atoms with Crippen LogP contribution in [0.5, 0.6) is 0 Å². The summed E-state index contributed by atoms with van der Waals surface area (Å²) in [6.45, 7) is 4.51. The number of ether oxygens (including phenoxy) is 1. The maximum atomic E-state index is 11.6. The van der Waals surface area contributed by atoms with Gasteiger partial charge in [-0.2, -0.15) is 0 Å². The summed E-state index contributed by atoms with van der Waals surface area (Å²) in [5.41, 5.74) is 1.27. The summed E-state index contributed by atoms with van der Waals surface area (Å²) < 4.78 is 4.87. The number of carbonyl (C=O) groups excluding carboxylic acids is 1. The van der Waals surface area contributed by atoms with Crippen molar-refractivity contribution in [2.75, 3.05) is 39.9 Å². The standard InChI is InChI=1S/C13H19N3O2/c1-18-11-13(17)16-8-6-15(7-9-16)10-12-2-4-14-5-3-12/h2-5H,6-11H2,1H3. The Morgan fingerprint density at radius 3 is 2.56 bits per heavy atom. The van der Waals surface area contributed by atoms with Gasteiger partial charge >= 0.3 is 0 Å². The van der Waals surface area contributed by atoms with Crippen molar-refractivity contribution in [3.8, 4) is 0 Å². The van der Waals surface area contributed by atoms with Gasteiger partial charge in [0.15, 0.2) is 0 Å². The van der Waals surface area contributed by atoms with Gasteiger partial charge in [-0.25, -0.2) is 0 Å². The van der Waals surface area contributed by atoms with E-state index in [1.165, 1.54) is 5.56 Å². The second-order valence-electron chi connectivity index (χ2n) is 4.45. The van der Waals surface area contributed by atoms with Gasteiger partial charge in [0.2, 0.25) is 5.91 Å². The van der Waals surface area contributed by atoms with Gasteiger partial charge in [-0.05, 0) is 17.7 Å². The first kappa shape index (κ1) is 13.0. The van der Waals surface area contributed by atoms with Crippen molar-refractivity contribution in [2.45, 2.75) is 6.54 Å². The Hall–Kier alpha value is -1.46. The highest BCUT2D eigenvalue weighted by Crippen LogP contribution is 2.07. The Bertz CT molecular complexity index is 375. The molecule has 0 bridgehead atoms. The Labute approximate surface area is 107 Å². The first-order valence-electron chi connectivity index (χ1n) is 6.17. The highest BCUT2D eigenvalue weighted by molar-refractivity contribution is 5.77. The van der Waals surface area contributed by atoms with Crippen LogP contribution in [0.1, 0.15) is 5.56 Å². The molecule has 1 aliphatic heterocycles. The molecule has 0 aliphatic carbocycles. The van der Waals surface area contributed by atoms with Crippen LogP contribution in [0.3, 0.4) is 0 Å².